The van der Waals surface area contributed by atoms with Crippen molar-refractivity contribution in [1.82, 2.24) is 5.32 Å². The predicted octanol–water partition coefficient (Wildman–Crippen LogP) is 1.88. The van der Waals surface area contributed by atoms with E-state index in [1.165, 1.54) is 5.69 Å². The van der Waals surface area contributed by atoms with Crippen molar-refractivity contribution in [1.29, 1.82) is 0 Å². The second-order valence-corrected chi connectivity index (χ2v) is 6.43. The standard InChI is InChI=1S/C14H20BrN3O/c1-14(2,16)13(19)17-10-7-8-18(9-10)12-6-4-3-5-11(12)15/h3-6,10H,7-9,16H2,1-2H3,(H,17,19). The minimum atomic E-state index is -0.819. The van der Waals surface area contributed by atoms with Gasteiger partial charge in [0.15, 0.2) is 0 Å². The van der Waals surface area contributed by atoms with Crippen LogP contribution >= 0.6 is 15.9 Å². The number of carbonyl (C=O) groups excluding carboxylic acids is 1. The zero-order valence-electron chi connectivity index (χ0n) is 11.3. The molecule has 1 atom stereocenters. The molecule has 0 aromatic heterocycles. The molecule has 1 aliphatic rings. The number of rotatable bonds is 3. The van der Waals surface area contributed by atoms with Crippen molar-refractivity contribution in [3.8, 4) is 0 Å². The molecule has 1 amide bonds. The molecule has 19 heavy (non-hydrogen) atoms. The minimum Gasteiger partial charge on any atom is -0.368 e. The fourth-order valence-corrected chi connectivity index (χ4v) is 2.71. The highest BCUT2D eigenvalue weighted by atomic mass is 79.9. The van der Waals surface area contributed by atoms with Gasteiger partial charge in [-0.1, -0.05) is 12.1 Å². The summed E-state index contributed by atoms with van der Waals surface area (Å²) >= 11 is 3.56. The molecule has 3 N–H and O–H groups in total. The summed E-state index contributed by atoms with van der Waals surface area (Å²) in [4.78, 5) is 14.1. The maximum Gasteiger partial charge on any atom is 0.239 e. The summed E-state index contributed by atoms with van der Waals surface area (Å²) in [5.41, 5.74) is 6.15. The van der Waals surface area contributed by atoms with Crippen molar-refractivity contribution in [2.24, 2.45) is 5.73 Å². The van der Waals surface area contributed by atoms with E-state index in [4.69, 9.17) is 5.73 Å². The first-order chi connectivity index (χ1) is 8.88. The molecule has 0 saturated carbocycles. The van der Waals surface area contributed by atoms with Crippen LogP contribution in [0.25, 0.3) is 0 Å². The van der Waals surface area contributed by atoms with Crippen LogP contribution in [0.15, 0.2) is 28.7 Å². The molecule has 1 fully saturated rings. The first-order valence-corrected chi connectivity index (χ1v) is 7.26. The Labute approximate surface area is 122 Å². The number of carbonyl (C=O) groups is 1. The molecule has 2 rings (SSSR count). The van der Waals surface area contributed by atoms with Gasteiger partial charge in [0.25, 0.3) is 0 Å². The molecule has 1 aliphatic heterocycles. The highest BCUT2D eigenvalue weighted by Crippen LogP contribution is 2.28. The van der Waals surface area contributed by atoms with E-state index in [0.29, 0.717) is 0 Å². The SMILES string of the molecule is CC(C)(N)C(=O)NC1CCN(c2ccccc2Br)C1. The molecule has 0 bridgehead atoms. The number of para-hydroxylation sites is 1. The summed E-state index contributed by atoms with van der Waals surface area (Å²) in [6, 6.07) is 8.31. The van der Waals surface area contributed by atoms with Gasteiger partial charge in [0.2, 0.25) is 5.91 Å². The summed E-state index contributed by atoms with van der Waals surface area (Å²) in [6.45, 7) is 5.22. The van der Waals surface area contributed by atoms with E-state index in [1.54, 1.807) is 13.8 Å². The highest BCUT2D eigenvalue weighted by molar-refractivity contribution is 9.10. The van der Waals surface area contributed by atoms with Gasteiger partial charge in [-0.25, -0.2) is 0 Å². The lowest BCUT2D eigenvalue weighted by Crippen LogP contribution is -2.52. The van der Waals surface area contributed by atoms with E-state index >= 15 is 0 Å². The van der Waals surface area contributed by atoms with Crippen LogP contribution in [0.2, 0.25) is 0 Å². The van der Waals surface area contributed by atoms with E-state index in [1.807, 2.05) is 18.2 Å². The maximum atomic E-state index is 11.9. The molecule has 5 heteroatoms. The second kappa shape index (κ2) is 5.51. The first kappa shape index (κ1) is 14.3. The second-order valence-electron chi connectivity index (χ2n) is 5.58. The zero-order chi connectivity index (χ0) is 14.0. The summed E-state index contributed by atoms with van der Waals surface area (Å²) in [5, 5.41) is 3.02. The molecule has 1 unspecified atom stereocenters. The normalized spacial score (nSPS) is 19.6. The maximum absolute atomic E-state index is 11.9. The summed E-state index contributed by atoms with van der Waals surface area (Å²) in [5.74, 6) is -0.0912. The molecular formula is C14H20BrN3O. The van der Waals surface area contributed by atoms with E-state index in [2.05, 4.69) is 32.2 Å². The molecule has 0 radical (unpaired) electrons. The Bertz CT molecular complexity index is 470. The number of anilines is 1. The Balaban J connectivity index is 1.98. The molecule has 1 aromatic carbocycles. The predicted molar refractivity (Wildman–Crippen MR) is 81.2 cm³/mol. The Morgan fingerprint density at radius 3 is 2.79 bits per heavy atom. The lowest BCUT2D eigenvalue weighted by molar-refractivity contribution is -0.125. The van der Waals surface area contributed by atoms with Gasteiger partial charge < -0.3 is 16.0 Å². The van der Waals surface area contributed by atoms with Crippen LogP contribution in [0.1, 0.15) is 20.3 Å². The highest BCUT2D eigenvalue weighted by Gasteiger charge is 2.29. The number of nitrogens with zero attached hydrogens (tertiary/aromatic N) is 1. The van der Waals surface area contributed by atoms with Crippen molar-refractivity contribution >= 4 is 27.5 Å². The van der Waals surface area contributed by atoms with Crippen LogP contribution in [0, 0.1) is 0 Å². The van der Waals surface area contributed by atoms with Crippen LogP contribution in [0.5, 0.6) is 0 Å². The molecule has 0 spiro atoms. The molecular weight excluding hydrogens is 306 g/mol. The monoisotopic (exact) mass is 325 g/mol. The van der Waals surface area contributed by atoms with Crippen molar-refractivity contribution in [3.63, 3.8) is 0 Å². The molecule has 104 valence electrons. The smallest absolute Gasteiger partial charge is 0.239 e. The Kier molecular flexibility index (Phi) is 4.16. The lowest BCUT2D eigenvalue weighted by Gasteiger charge is -2.23. The van der Waals surface area contributed by atoms with Crippen molar-refractivity contribution in [2.75, 3.05) is 18.0 Å². The van der Waals surface area contributed by atoms with Gasteiger partial charge in [-0.05, 0) is 48.3 Å². The van der Waals surface area contributed by atoms with Crippen molar-refractivity contribution in [2.45, 2.75) is 31.8 Å². The first-order valence-electron chi connectivity index (χ1n) is 6.47. The molecule has 1 aromatic rings. The third-order valence-electron chi connectivity index (χ3n) is 3.30. The van der Waals surface area contributed by atoms with Gasteiger partial charge in [-0.2, -0.15) is 0 Å². The number of nitrogens with two attached hydrogens (primary N) is 1. The van der Waals surface area contributed by atoms with Crippen molar-refractivity contribution < 1.29 is 4.79 Å². The Morgan fingerprint density at radius 1 is 1.47 bits per heavy atom. The average molecular weight is 326 g/mol. The van der Waals surface area contributed by atoms with E-state index in [9.17, 15) is 4.79 Å². The van der Waals surface area contributed by atoms with Crippen LogP contribution in [-0.4, -0.2) is 30.6 Å². The van der Waals surface area contributed by atoms with Gasteiger partial charge in [-0.15, -0.1) is 0 Å². The van der Waals surface area contributed by atoms with Crippen molar-refractivity contribution in [3.05, 3.63) is 28.7 Å². The number of amides is 1. The average Bonchev–Trinajstić information content (AvgIpc) is 2.76. The number of benzene rings is 1. The largest absolute Gasteiger partial charge is 0.368 e. The summed E-state index contributed by atoms with van der Waals surface area (Å²) < 4.78 is 1.08. The molecule has 4 nitrogen and oxygen atoms in total. The van der Waals surface area contributed by atoms with Crippen LogP contribution in [0.4, 0.5) is 5.69 Å². The van der Waals surface area contributed by atoms with Crippen LogP contribution in [0.3, 0.4) is 0 Å². The van der Waals surface area contributed by atoms with Gasteiger partial charge in [0.05, 0.1) is 11.2 Å². The van der Waals surface area contributed by atoms with Crippen LogP contribution < -0.4 is 16.0 Å². The topological polar surface area (TPSA) is 58.4 Å². The number of hydrogen-bond donors (Lipinski definition) is 2. The quantitative estimate of drug-likeness (QED) is 0.892. The van der Waals surface area contributed by atoms with Gasteiger partial charge in [-0.3, -0.25) is 4.79 Å². The lowest BCUT2D eigenvalue weighted by atomic mass is 10.1. The number of halogens is 1. The summed E-state index contributed by atoms with van der Waals surface area (Å²) in [7, 11) is 0. The van der Waals surface area contributed by atoms with E-state index in [0.717, 1.165) is 24.0 Å². The fraction of sp³-hybridized carbons (Fsp3) is 0.500. The molecule has 0 aliphatic carbocycles. The third kappa shape index (κ3) is 3.48. The summed E-state index contributed by atoms with van der Waals surface area (Å²) in [6.07, 6.45) is 0.948. The van der Waals surface area contributed by atoms with Gasteiger partial charge >= 0.3 is 0 Å². The Hall–Kier alpha value is -1.07. The fourth-order valence-electron chi connectivity index (χ4n) is 2.18. The third-order valence-corrected chi connectivity index (χ3v) is 3.97. The minimum absolute atomic E-state index is 0.0912. The van der Waals surface area contributed by atoms with E-state index in [-0.39, 0.29) is 11.9 Å². The van der Waals surface area contributed by atoms with Gasteiger partial charge in [0.1, 0.15) is 0 Å². The molecule has 1 saturated heterocycles. The van der Waals surface area contributed by atoms with Gasteiger partial charge in [0, 0.05) is 23.6 Å². The van der Waals surface area contributed by atoms with E-state index < -0.39 is 5.54 Å². The number of nitrogens with one attached hydrogen (secondary N) is 1. The number of hydrogen-bond acceptors (Lipinski definition) is 3. The Morgan fingerprint density at radius 2 is 2.16 bits per heavy atom. The zero-order valence-corrected chi connectivity index (χ0v) is 12.9. The molecule has 1 heterocycles. The van der Waals surface area contributed by atoms with Crippen LogP contribution in [-0.2, 0) is 4.79 Å².